The molecular weight excluding hydrogens is 600 g/mol. The highest BCUT2D eigenvalue weighted by Gasteiger charge is 2.42. The number of halogens is 1. The Hall–Kier alpha value is -4.78. The number of piperidine rings is 1. The summed E-state index contributed by atoms with van der Waals surface area (Å²) < 4.78 is 1.96. The second kappa shape index (κ2) is 14.3. The summed E-state index contributed by atoms with van der Waals surface area (Å²) in [6.07, 6.45) is 4.52. The Balaban J connectivity index is 1.18. The summed E-state index contributed by atoms with van der Waals surface area (Å²) in [7, 11) is 0. The quantitative estimate of drug-likeness (QED) is 0.145. The summed E-state index contributed by atoms with van der Waals surface area (Å²) in [5.41, 5.74) is 6.90. The molecule has 0 amide bonds. The average molecular weight is 639 g/mol. The first kappa shape index (κ1) is 30.9. The number of nitrogens with one attached hydrogen (secondary N) is 1. The number of nitrogens with zero attached hydrogens (tertiary/aromatic N) is 5. The molecule has 1 aliphatic rings. The van der Waals surface area contributed by atoms with Gasteiger partial charge in [0.25, 0.3) is 0 Å². The first-order valence-corrected chi connectivity index (χ1v) is 16.8. The fourth-order valence-electron chi connectivity index (χ4n) is 6.92. The van der Waals surface area contributed by atoms with Crippen molar-refractivity contribution in [2.45, 2.75) is 44.3 Å². The Bertz CT molecular complexity index is 1860. The lowest BCUT2D eigenvalue weighted by molar-refractivity contribution is 0.221. The molecule has 0 saturated carbocycles. The van der Waals surface area contributed by atoms with E-state index in [1.165, 1.54) is 43.5 Å². The van der Waals surface area contributed by atoms with E-state index in [1.807, 2.05) is 59.3 Å². The molecule has 236 valence electrons. The molecule has 0 unspecified atom stereocenters. The highest BCUT2D eigenvalue weighted by molar-refractivity contribution is 6.31. The van der Waals surface area contributed by atoms with Gasteiger partial charge < -0.3 is 5.32 Å². The van der Waals surface area contributed by atoms with Crippen LogP contribution in [0.1, 0.15) is 58.5 Å². The lowest BCUT2D eigenvalue weighted by Crippen LogP contribution is -2.40. The number of hydrogen-bond donors (Lipinski definition) is 1. The van der Waals surface area contributed by atoms with E-state index in [0.717, 1.165) is 46.9 Å². The zero-order valence-corrected chi connectivity index (χ0v) is 27.2. The first-order valence-electron chi connectivity index (χ1n) is 16.5. The maximum atomic E-state index is 7.01. The van der Waals surface area contributed by atoms with Crippen molar-refractivity contribution in [1.29, 1.82) is 0 Å². The number of tetrazole rings is 1. The van der Waals surface area contributed by atoms with Gasteiger partial charge in [0.05, 0.1) is 0 Å². The van der Waals surface area contributed by atoms with E-state index in [0.29, 0.717) is 11.4 Å². The van der Waals surface area contributed by atoms with Gasteiger partial charge in [0.15, 0.2) is 5.82 Å². The molecule has 1 aliphatic heterocycles. The van der Waals surface area contributed by atoms with Crippen LogP contribution in [0.5, 0.6) is 0 Å². The fourth-order valence-corrected chi connectivity index (χ4v) is 7.19. The lowest BCUT2D eigenvalue weighted by atomic mass is 9.77. The van der Waals surface area contributed by atoms with Crippen molar-refractivity contribution >= 4 is 17.3 Å². The van der Waals surface area contributed by atoms with Gasteiger partial charge in [0, 0.05) is 35.8 Å². The third-order valence-corrected chi connectivity index (χ3v) is 9.46. The van der Waals surface area contributed by atoms with E-state index in [-0.39, 0.29) is 0 Å². The molecule has 1 aromatic heterocycles. The van der Waals surface area contributed by atoms with Crippen molar-refractivity contribution in [3.63, 3.8) is 0 Å². The van der Waals surface area contributed by atoms with Gasteiger partial charge in [-0.3, -0.25) is 4.90 Å². The Morgan fingerprint density at radius 2 is 1.32 bits per heavy atom. The van der Waals surface area contributed by atoms with Gasteiger partial charge >= 0.3 is 0 Å². The summed E-state index contributed by atoms with van der Waals surface area (Å²) >= 11 is 7.01. The number of aromatic nitrogens is 4. The summed E-state index contributed by atoms with van der Waals surface area (Å²) in [4.78, 5) is 2.57. The van der Waals surface area contributed by atoms with Gasteiger partial charge in [-0.25, -0.2) is 4.68 Å². The molecule has 0 spiro atoms. The van der Waals surface area contributed by atoms with Gasteiger partial charge in [-0.2, -0.15) is 0 Å². The molecule has 6 aromatic rings. The van der Waals surface area contributed by atoms with Crippen LogP contribution >= 0.6 is 11.6 Å². The Labute approximate surface area is 282 Å². The molecule has 7 heteroatoms. The second-order valence-electron chi connectivity index (χ2n) is 12.3. The summed E-state index contributed by atoms with van der Waals surface area (Å²) in [6.45, 7) is 4.14. The van der Waals surface area contributed by atoms with Crippen molar-refractivity contribution in [2.75, 3.05) is 18.4 Å². The van der Waals surface area contributed by atoms with Crippen LogP contribution in [-0.2, 0) is 25.0 Å². The predicted molar refractivity (Wildman–Crippen MR) is 190 cm³/mol. The van der Waals surface area contributed by atoms with Crippen molar-refractivity contribution in [1.82, 2.24) is 25.1 Å². The van der Waals surface area contributed by atoms with Crippen molar-refractivity contribution in [3.8, 4) is 0 Å². The zero-order chi connectivity index (χ0) is 31.9. The third-order valence-electron chi connectivity index (χ3n) is 9.13. The molecule has 6 nitrogen and oxygen atoms in total. The molecule has 1 fully saturated rings. The van der Waals surface area contributed by atoms with E-state index >= 15 is 0 Å². The van der Waals surface area contributed by atoms with Crippen LogP contribution in [0.3, 0.4) is 0 Å². The summed E-state index contributed by atoms with van der Waals surface area (Å²) in [6, 6.07) is 46.2. The van der Waals surface area contributed by atoms with E-state index in [4.69, 9.17) is 11.6 Å². The predicted octanol–water partition coefficient (Wildman–Crippen LogP) is 8.36. The van der Waals surface area contributed by atoms with Gasteiger partial charge in [-0.1, -0.05) is 133 Å². The first-order chi connectivity index (χ1) is 23.2. The Morgan fingerprint density at radius 3 is 2.06 bits per heavy atom. The molecule has 7 rings (SSSR count). The molecule has 0 bridgehead atoms. The monoisotopic (exact) mass is 638 g/mol. The highest BCUT2D eigenvalue weighted by atomic mass is 35.5. The Kier molecular flexibility index (Phi) is 9.40. The standard InChI is InChI=1S/C40H39ClN6/c41-38-23-9-8-22-37(38)40(34-17-4-1-5-18-34,35-19-6-2-7-20-35)47-39(43-44-45-47)28-31-14-12-15-32(26-31)29-42-36-21-13-16-33(27-36)30-46-24-10-3-11-25-46/h1-2,4-9,12-23,26-27,42H,3,10-11,24-25,28-30H2. The van der Waals surface area contributed by atoms with Crippen LogP contribution in [-0.4, -0.2) is 38.2 Å². The molecule has 1 N–H and O–H groups in total. The fraction of sp³-hybridized carbons (Fsp3) is 0.225. The second-order valence-corrected chi connectivity index (χ2v) is 12.7. The molecule has 1 saturated heterocycles. The van der Waals surface area contributed by atoms with Crippen molar-refractivity contribution in [2.24, 2.45) is 0 Å². The Morgan fingerprint density at radius 1 is 0.660 bits per heavy atom. The van der Waals surface area contributed by atoms with Crippen LogP contribution < -0.4 is 5.32 Å². The number of benzene rings is 5. The molecular formula is C40H39ClN6. The maximum absolute atomic E-state index is 7.01. The van der Waals surface area contributed by atoms with Gasteiger partial charge in [0.2, 0.25) is 0 Å². The number of likely N-dealkylation sites (tertiary alicyclic amines) is 1. The van der Waals surface area contributed by atoms with E-state index in [9.17, 15) is 0 Å². The lowest BCUT2D eigenvalue weighted by Gasteiger charge is -2.37. The van der Waals surface area contributed by atoms with Crippen LogP contribution in [0.15, 0.2) is 133 Å². The molecule has 47 heavy (non-hydrogen) atoms. The molecule has 2 heterocycles. The minimum Gasteiger partial charge on any atom is -0.381 e. The van der Waals surface area contributed by atoms with Crippen LogP contribution in [0.2, 0.25) is 5.02 Å². The normalized spacial score (nSPS) is 13.8. The number of rotatable bonds is 11. The SMILES string of the molecule is Clc1ccccc1C(c1ccccc1)(c1ccccc1)n1nnnc1Cc1cccc(CNc2cccc(CN3CCCCC3)c2)c1. The van der Waals surface area contributed by atoms with E-state index < -0.39 is 5.54 Å². The average Bonchev–Trinajstić information content (AvgIpc) is 3.58. The van der Waals surface area contributed by atoms with Crippen molar-refractivity contribution < 1.29 is 0 Å². The molecule has 0 aliphatic carbocycles. The van der Waals surface area contributed by atoms with Crippen LogP contribution in [0.25, 0.3) is 0 Å². The zero-order valence-electron chi connectivity index (χ0n) is 26.5. The largest absolute Gasteiger partial charge is 0.381 e. The van der Waals surface area contributed by atoms with E-state index in [1.54, 1.807) is 0 Å². The highest BCUT2D eigenvalue weighted by Crippen LogP contribution is 2.43. The topological polar surface area (TPSA) is 58.9 Å². The van der Waals surface area contributed by atoms with Gasteiger partial charge in [-0.05, 0) is 82.4 Å². The minimum absolute atomic E-state index is 0.554. The van der Waals surface area contributed by atoms with E-state index in [2.05, 4.69) is 105 Å². The molecule has 5 aromatic carbocycles. The van der Waals surface area contributed by atoms with Gasteiger partial charge in [0.1, 0.15) is 5.54 Å². The third kappa shape index (κ3) is 6.71. The molecule has 0 radical (unpaired) electrons. The maximum Gasteiger partial charge on any atom is 0.157 e. The van der Waals surface area contributed by atoms with Crippen LogP contribution in [0, 0.1) is 0 Å². The smallest absolute Gasteiger partial charge is 0.157 e. The van der Waals surface area contributed by atoms with Crippen LogP contribution in [0.4, 0.5) is 5.69 Å². The van der Waals surface area contributed by atoms with Crippen molar-refractivity contribution in [3.05, 3.63) is 178 Å². The van der Waals surface area contributed by atoms with Gasteiger partial charge in [-0.15, -0.1) is 5.10 Å². The minimum atomic E-state index is -0.891. The number of hydrogen-bond acceptors (Lipinski definition) is 5. The number of anilines is 1. The molecule has 0 atom stereocenters. The summed E-state index contributed by atoms with van der Waals surface area (Å²) in [5.74, 6) is 0.744. The summed E-state index contributed by atoms with van der Waals surface area (Å²) in [5, 5.41) is 17.8.